The van der Waals surface area contributed by atoms with Gasteiger partial charge in [-0.3, -0.25) is 4.79 Å². The van der Waals surface area contributed by atoms with Crippen LogP contribution >= 0.6 is 34.2 Å². The van der Waals surface area contributed by atoms with Crippen molar-refractivity contribution < 1.29 is 4.79 Å². The third kappa shape index (κ3) is 2.46. The van der Waals surface area contributed by atoms with Crippen molar-refractivity contribution in [1.82, 2.24) is 0 Å². The van der Waals surface area contributed by atoms with Crippen molar-refractivity contribution in [3.05, 3.63) is 32.4 Å². The van der Waals surface area contributed by atoms with E-state index < -0.39 is 0 Å². The number of hydrogen-bond acceptors (Lipinski definition) is 1. The maximum Gasteiger partial charge on any atom is 0.163 e. The molecule has 0 heterocycles. The van der Waals surface area contributed by atoms with E-state index >= 15 is 0 Å². The van der Waals surface area contributed by atoms with E-state index in [1.807, 2.05) is 18.2 Å². The SMILES string of the molecule is O=C(CC1CC2CCC1C2)c1ccc(I)c(Cl)c1. The van der Waals surface area contributed by atoms with E-state index in [4.69, 9.17) is 11.6 Å². The van der Waals surface area contributed by atoms with Gasteiger partial charge in [0.15, 0.2) is 5.78 Å². The first-order valence-electron chi connectivity index (χ1n) is 6.61. The largest absolute Gasteiger partial charge is 0.294 e. The molecule has 0 spiro atoms. The second-order valence-electron chi connectivity index (χ2n) is 5.69. The average Bonchev–Trinajstić information content (AvgIpc) is 2.94. The highest BCUT2D eigenvalue weighted by Gasteiger charge is 2.40. The summed E-state index contributed by atoms with van der Waals surface area (Å²) in [5, 5.41) is 0.689. The zero-order valence-electron chi connectivity index (χ0n) is 10.2. The van der Waals surface area contributed by atoms with Crippen molar-refractivity contribution in [3.8, 4) is 0 Å². The smallest absolute Gasteiger partial charge is 0.163 e. The highest BCUT2D eigenvalue weighted by Crippen LogP contribution is 2.49. The Morgan fingerprint density at radius 1 is 1.33 bits per heavy atom. The number of hydrogen-bond donors (Lipinski definition) is 0. The Bertz CT molecular complexity index is 485. The Balaban J connectivity index is 1.69. The zero-order valence-corrected chi connectivity index (χ0v) is 13.1. The average molecular weight is 375 g/mol. The van der Waals surface area contributed by atoms with Crippen LogP contribution in [0.4, 0.5) is 0 Å². The Morgan fingerprint density at radius 3 is 2.78 bits per heavy atom. The van der Waals surface area contributed by atoms with Crippen LogP contribution in [0.15, 0.2) is 18.2 Å². The molecule has 3 heteroatoms. The van der Waals surface area contributed by atoms with Gasteiger partial charge in [-0.05, 0) is 71.7 Å². The number of Topliss-reactive ketones (excluding diaryl/α,β-unsaturated/α-hetero) is 1. The van der Waals surface area contributed by atoms with Gasteiger partial charge in [0.1, 0.15) is 0 Å². The van der Waals surface area contributed by atoms with Gasteiger partial charge in [0.25, 0.3) is 0 Å². The van der Waals surface area contributed by atoms with E-state index in [0.29, 0.717) is 10.9 Å². The van der Waals surface area contributed by atoms with Crippen LogP contribution in [0, 0.1) is 21.3 Å². The molecule has 2 aliphatic carbocycles. The minimum atomic E-state index is 0.269. The normalized spacial score (nSPS) is 29.8. The van der Waals surface area contributed by atoms with Gasteiger partial charge in [0.05, 0.1) is 5.02 Å². The van der Waals surface area contributed by atoms with Crippen LogP contribution in [-0.2, 0) is 0 Å². The van der Waals surface area contributed by atoms with Gasteiger partial charge in [-0.15, -0.1) is 0 Å². The highest BCUT2D eigenvalue weighted by molar-refractivity contribution is 14.1. The summed E-state index contributed by atoms with van der Waals surface area (Å²) in [6, 6.07) is 5.65. The molecule has 0 radical (unpaired) electrons. The summed E-state index contributed by atoms with van der Waals surface area (Å²) >= 11 is 8.26. The number of carbonyl (C=O) groups is 1. The highest BCUT2D eigenvalue weighted by atomic mass is 127. The summed E-state index contributed by atoms with van der Waals surface area (Å²) in [6.45, 7) is 0. The Morgan fingerprint density at radius 2 is 2.17 bits per heavy atom. The lowest BCUT2D eigenvalue weighted by Crippen LogP contribution is -2.15. The summed E-state index contributed by atoms with van der Waals surface area (Å²) in [7, 11) is 0. The van der Waals surface area contributed by atoms with E-state index in [1.165, 1.54) is 25.7 Å². The lowest BCUT2D eigenvalue weighted by molar-refractivity contribution is 0.0944. The van der Waals surface area contributed by atoms with E-state index in [2.05, 4.69) is 22.6 Å². The van der Waals surface area contributed by atoms with Gasteiger partial charge in [-0.25, -0.2) is 0 Å². The Kier molecular flexibility index (Phi) is 3.68. The van der Waals surface area contributed by atoms with E-state index in [9.17, 15) is 4.79 Å². The number of benzene rings is 1. The van der Waals surface area contributed by atoms with Gasteiger partial charge in [-0.1, -0.05) is 24.1 Å². The lowest BCUT2D eigenvalue weighted by atomic mass is 9.84. The number of halogens is 2. The zero-order chi connectivity index (χ0) is 12.7. The third-order valence-electron chi connectivity index (χ3n) is 4.57. The quantitative estimate of drug-likeness (QED) is 0.540. The van der Waals surface area contributed by atoms with Gasteiger partial charge in [-0.2, -0.15) is 0 Å². The molecule has 1 nitrogen and oxygen atoms in total. The molecule has 18 heavy (non-hydrogen) atoms. The third-order valence-corrected chi connectivity index (χ3v) is 6.15. The predicted molar refractivity (Wildman–Crippen MR) is 82.1 cm³/mol. The fraction of sp³-hybridized carbons (Fsp3) is 0.533. The molecule has 3 atom stereocenters. The summed E-state index contributed by atoms with van der Waals surface area (Å²) in [4.78, 5) is 12.3. The van der Waals surface area contributed by atoms with Gasteiger partial charge < -0.3 is 0 Å². The minimum absolute atomic E-state index is 0.269. The molecule has 0 aliphatic heterocycles. The molecule has 0 saturated heterocycles. The minimum Gasteiger partial charge on any atom is -0.294 e. The van der Waals surface area contributed by atoms with E-state index in [-0.39, 0.29) is 5.78 Å². The standard InChI is InChI=1S/C15H16ClIO/c16-13-7-11(3-4-14(13)17)15(18)8-12-6-9-1-2-10(12)5-9/h3-4,7,9-10,12H,1-2,5-6,8H2. The summed E-state index contributed by atoms with van der Waals surface area (Å²) in [5.41, 5.74) is 0.781. The summed E-state index contributed by atoms with van der Waals surface area (Å²) in [6.07, 6.45) is 6.10. The number of ketones is 1. The molecular formula is C15H16ClIO. The molecular weight excluding hydrogens is 359 g/mol. The van der Waals surface area contributed by atoms with Crippen LogP contribution < -0.4 is 0 Å². The second kappa shape index (κ2) is 5.12. The summed E-state index contributed by atoms with van der Waals surface area (Å²) < 4.78 is 1.01. The number of fused-ring (bicyclic) bond motifs is 2. The maximum atomic E-state index is 12.3. The predicted octanol–water partition coefficient (Wildman–Crippen LogP) is 4.95. The lowest BCUT2D eigenvalue weighted by Gasteiger charge is -2.20. The summed E-state index contributed by atoms with van der Waals surface area (Å²) in [5.74, 6) is 2.63. The van der Waals surface area contributed by atoms with Crippen LogP contribution in [-0.4, -0.2) is 5.78 Å². The van der Waals surface area contributed by atoms with Crippen LogP contribution in [0.25, 0.3) is 0 Å². The van der Waals surface area contributed by atoms with Crippen molar-refractivity contribution in [1.29, 1.82) is 0 Å². The monoisotopic (exact) mass is 374 g/mol. The van der Waals surface area contributed by atoms with Gasteiger partial charge in [0.2, 0.25) is 0 Å². The number of carbonyl (C=O) groups excluding carboxylic acids is 1. The van der Waals surface area contributed by atoms with Crippen molar-refractivity contribution >= 4 is 40.0 Å². The Hall–Kier alpha value is -0.0900. The van der Waals surface area contributed by atoms with Crippen molar-refractivity contribution in [2.24, 2.45) is 17.8 Å². The van der Waals surface area contributed by atoms with Gasteiger partial charge in [0, 0.05) is 15.6 Å². The van der Waals surface area contributed by atoms with Crippen molar-refractivity contribution in [2.45, 2.75) is 32.1 Å². The van der Waals surface area contributed by atoms with Crippen molar-refractivity contribution in [2.75, 3.05) is 0 Å². The molecule has 2 aliphatic rings. The fourth-order valence-corrected chi connectivity index (χ4v) is 4.17. The molecule has 2 bridgehead atoms. The Labute approximate surface area is 126 Å². The molecule has 96 valence electrons. The first kappa shape index (κ1) is 12.9. The maximum absolute atomic E-state index is 12.3. The molecule has 1 aromatic rings. The fourth-order valence-electron chi connectivity index (χ4n) is 3.65. The molecule has 2 fully saturated rings. The topological polar surface area (TPSA) is 17.1 Å². The number of rotatable bonds is 3. The van der Waals surface area contributed by atoms with Crippen LogP contribution in [0.2, 0.25) is 5.02 Å². The van der Waals surface area contributed by atoms with Gasteiger partial charge >= 0.3 is 0 Å². The molecule has 0 N–H and O–H groups in total. The molecule has 0 aromatic heterocycles. The van der Waals surface area contributed by atoms with Crippen LogP contribution in [0.5, 0.6) is 0 Å². The molecule has 2 saturated carbocycles. The van der Waals surface area contributed by atoms with E-state index in [1.54, 1.807) is 0 Å². The molecule has 3 rings (SSSR count). The van der Waals surface area contributed by atoms with Crippen LogP contribution in [0.3, 0.4) is 0 Å². The second-order valence-corrected chi connectivity index (χ2v) is 7.26. The first-order valence-corrected chi connectivity index (χ1v) is 8.07. The molecule has 0 amide bonds. The van der Waals surface area contributed by atoms with Crippen molar-refractivity contribution in [3.63, 3.8) is 0 Å². The molecule has 3 unspecified atom stereocenters. The van der Waals surface area contributed by atoms with E-state index in [0.717, 1.165) is 27.4 Å². The molecule has 1 aromatic carbocycles. The first-order chi connectivity index (χ1) is 8.63. The van der Waals surface area contributed by atoms with Crippen LogP contribution in [0.1, 0.15) is 42.5 Å².